The van der Waals surface area contributed by atoms with Crippen LogP contribution >= 0.6 is 0 Å². The number of imidazole rings is 1. The van der Waals surface area contributed by atoms with Gasteiger partial charge in [-0.15, -0.1) is 0 Å². The average molecular weight is 476 g/mol. The molecule has 0 unspecified atom stereocenters. The average Bonchev–Trinajstić information content (AvgIpc) is 3.49. The summed E-state index contributed by atoms with van der Waals surface area (Å²) in [4.78, 5) is 19.9. The zero-order valence-electron chi connectivity index (χ0n) is 19.7. The van der Waals surface area contributed by atoms with Crippen molar-refractivity contribution >= 4 is 5.91 Å². The standard InChI is InChI=1S/C29H25N5O2/c30-15-23-10-9-20-13-27(23)36-25-8-4-7-22(14-25)28(21-5-2-1-3-6-21)34-12-11-26(29(34)35)32-17-24-16-31-19-33(24)18-20/h1-10,13-14,16,19,26,28,32H,11-12,17-18H2/t26-,28+/m1/s1. The lowest BCUT2D eigenvalue weighted by Gasteiger charge is -2.29. The molecule has 7 nitrogen and oxygen atoms in total. The maximum Gasteiger partial charge on any atom is 0.240 e. The number of ether oxygens (including phenoxy) is 1. The van der Waals surface area contributed by atoms with Crippen LogP contribution in [-0.2, 0) is 17.9 Å². The van der Waals surface area contributed by atoms with E-state index < -0.39 is 0 Å². The van der Waals surface area contributed by atoms with E-state index in [2.05, 4.69) is 33.1 Å². The smallest absolute Gasteiger partial charge is 0.240 e. The van der Waals surface area contributed by atoms with Crippen LogP contribution in [0.4, 0.5) is 0 Å². The number of carbonyl (C=O) groups is 1. The second-order valence-corrected chi connectivity index (χ2v) is 9.20. The van der Waals surface area contributed by atoms with Crippen LogP contribution in [0.5, 0.6) is 11.5 Å². The zero-order valence-corrected chi connectivity index (χ0v) is 19.7. The highest BCUT2D eigenvalue weighted by Gasteiger charge is 2.37. The van der Waals surface area contributed by atoms with Crippen molar-refractivity contribution in [3.05, 3.63) is 113 Å². The van der Waals surface area contributed by atoms with E-state index >= 15 is 0 Å². The van der Waals surface area contributed by atoms with Gasteiger partial charge in [-0.05, 0) is 47.4 Å². The highest BCUT2D eigenvalue weighted by molar-refractivity contribution is 5.85. The minimum Gasteiger partial charge on any atom is -0.456 e. The third kappa shape index (κ3) is 4.12. The van der Waals surface area contributed by atoms with Crippen LogP contribution < -0.4 is 10.1 Å². The number of benzene rings is 3. The molecule has 1 N–H and O–H groups in total. The number of nitrogens with zero attached hydrogens (tertiary/aromatic N) is 4. The Morgan fingerprint density at radius 2 is 1.89 bits per heavy atom. The molecule has 6 rings (SSSR count). The van der Waals surface area contributed by atoms with Gasteiger partial charge in [0.25, 0.3) is 0 Å². The molecule has 1 saturated heterocycles. The van der Waals surface area contributed by atoms with Gasteiger partial charge < -0.3 is 19.5 Å². The SMILES string of the molecule is N#Cc1ccc2cc1Oc1cccc(c1)[C@H](c1ccccc1)N1CC[C@@H](NCc3cncn3C2)C1=O. The van der Waals surface area contributed by atoms with Crippen molar-refractivity contribution in [2.75, 3.05) is 6.54 Å². The number of rotatable bonds is 1. The summed E-state index contributed by atoms with van der Waals surface area (Å²) >= 11 is 0. The maximum atomic E-state index is 13.6. The largest absolute Gasteiger partial charge is 0.456 e. The normalized spacial score (nSPS) is 19.3. The summed E-state index contributed by atoms with van der Waals surface area (Å²) in [7, 11) is 0. The lowest BCUT2D eigenvalue weighted by atomic mass is 9.97. The van der Waals surface area contributed by atoms with E-state index in [1.54, 1.807) is 12.4 Å². The van der Waals surface area contributed by atoms with Crippen LogP contribution in [0, 0.1) is 11.3 Å². The Morgan fingerprint density at radius 1 is 1.03 bits per heavy atom. The van der Waals surface area contributed by atoms with Gasteiger partial charge in [0.05, 0.1) is 29.7 Å². The fourth-order valence-corrected chi connectivity index (χ4v) is 5.11. The van der Waals surface area contributed by atoms with E-state index in [4.69, 9.17) is 4.74 Å². The molecular formula is C29H25N5O2. The summed E-state index contributed by atoms with van der Waals surface area (Å²) < 4.78 is 8.33. The van der Waals surface area contributed by atoms with E-state index in [0.29, 0.717) is 36.7 Å². The molecule has 1 fully saturated rings. The Labute approximate surface area is 209 Å². The van der Waals surface area contributed by atoms with E-state index in [0.717, 1.165) is 28.8 Å². The molecule has 3 heterocycles. The molecule has 2 atom stereocenters. The third-order valence-electron chi connectivity index (χ3n) is 6.92. The fraction of sp³-hybridized carbons (Fsp3) is 0.207. The Bertz CT molecular complexity index is 1460. The number of nitriles is 1. The Balaban J connectivity index is 1.48. The molecule has 2 aliphatic rings. The first-order valence-corrected chi connectivity index (χ1v) is 12.1. The summed E-state index contributed by atoms with van der Waals surface area (Å²) in [6, 6.07) is 25.3. The fourth-order valence-electron chi connectivity index (χ4n) is 5.11. The van der Waals surface area contributed by atoms with Gasteiger partial charge in [-0.3, -0.25) is 4.79 Å². The first-order valence-electron chi connectivity index (χ1n) is 12.1. The van der Waals surface area contributed by atoms with Crippen LogP contribution in [0.2, 0.25) is 0 Å². The number of nitrogens with one attached hydrogen (secondary N) is 1. The Morgan fingerprint density at radius 3 is 2.75 bits per heavy atom. The molecule has 0 spiro atoms. The van der Waals surface area contributed by atoms with Crippen molar-refractivity contribution < 1.29 is 9.53 Å². The lowest BCUT2D eigenvalue weighted by molar-refractivity contribution is -0.130. The first-order chi connectivity index (χ1) is 17.7. The minimum atomic E-state index is -0.256. The van der Waals surface area contributed by atoms with Crippen LogP contribution in [-0.4, -0.2) is 32.9 Å². The molecule has 1 aromatic heterocycles. The van der Waals surface area contributed by atoms with Gasteiger partial charge in [0.15, 0.2) is 0 Å². The maximum absolute atomic E-state index is 13.6. The molecule has 36 heavy (non-hydrogen) atoms. The number of hydrogen-bond acceptors (Lipinski definition) is 5. The molecule has 0 radical (unpaired) electrons. The predicted octanol–water partition coefficient (Wildman–Crippen LogP) is 4.39. The van der Waals surface area contributed by atoms with Crippen molar-refractivity contribution in [3.63, 3.8) is 0 Å². The van der Waals surface area contributed by atoms with Crippen molar-refractivity contribution in [2.45, 2.75) is 31.6 Å². The summed E-state index contributed by atoms with van der Waals surface area (Å²) in [6.07, 6.45) is 4.35. The highest BCUT2D eigenvalue weighted by Crippen LogP contribution is 2.35. The quantitative estimate of drug-likeness (QED) is 0.442. The van der Waals surface area contributed by atoms with Crippen LogP contribution in [0.3, 0.4) is 0 Å². The number of carbonyl (C=O) groups excluding carboxylic acids is 1. The van der Waals surface area contributed by atoms with Crippen molar-refractivity contribution in [2.24, 2.45) is 0 Å². The summed E-state index contributed by atoms with van der Waals surface area (Å²) in [6.45, 7) is 1.77. The Hall–Kier alpha value is -4.41. The van der Waals surface area contributed by atoms with Gasteiger partial charge in [0.2, 0.25) is 5.91 Å². The molecule has 4 aromatic rings. The highest BCUT2D eigenvalue weighted by atomic mass is 16.5. The van der Waals surface area contributed by atoms with Crippen molar-refractivity contribution in [1.29, 1.82) is 5.26 Å². The van der Waals surface area contributed by atoms with E-state index in [1.807, 2.05) is 65.7 Å². The van der Waals surface area contributed by atoms with Gasteiger partial charge in [-0.2, -0.15) is 5.26 Å². The molecular weight excluding hydrogens is 450 g/mol. The third-order valence-corrected chi connectivity index (χ3v) is 6.92. The van der Waals surface area contributed by atoms with Gasteiger partial charge in [-0.25, -0.2) is 4.98 Å². The minimum absolute atomic E-state index is 0.0883. The van der Waals surface area contributed by atoms with Gasteiger partial charge in [0.1, 0.15) is 17.6 Å². The van der Waals surface area contributed by atoms with Gasteiger partial charge >= 0.3 is 0 Å². The summed E-state index contributed by atoms with van der Waals surface area (Å²) in [5.74, 6) is 1.22. The topological polar surface area (TPSA) is 83.2 Å². The summed E-state index contributed by atoms with van der Waals surface area (Å²) in [5, 5.41) is 13.2. The number of hydrogen-bond donors (Lipinski definition) is 1. The first kappa shape index (κ1) is 22.1. The van der Waals surface area contributed by atoms with E-state index in [9.17, 15) is 10.1 Å². The monoisotopic (exact) mass is 475 g/mol. The van der Waals surface area contributed by atoms with Crippen LogP contribution in [0.25, 0.3) is 0 Å². The molecule has 178 valence electrons. The van der Waals surface area contributed by atoms with E-state index in [-0.39, 0.29) is 18.0 Å². The van der Waals surface area contributed by atoms with Gasteiger partial charge in [-0.1, -0.05) is 48.5 Å². The molecule has 7 heteroatoms. The lowest BCUT2D eigenvalue weighted by Crippen LogP contribution is -2.40. The molecule has 2 aliphatic heterocycles. The predicted molar refractivity (Wildman–Crippen MR) is 134 cm³/mol. The molecule has 0 saturated carbocycles. The van der Waals surface area contributed by atoms with E-state index in [1.165, 1.54) is 0 Å². The molecule has 3 aromatic carbocycles. The van der Waals surface area contributed by atoms with Crippen LogP contribution in [0.1, 0.15) is 40.4 Å². The second kappa shape index (κ2) is 9.33. The van der Waals surface area contributed by atoms with Crippen LogP contribution in [0.15, 0.2) is 85.3 Å². The summed E-state index contributed by atoms with van der Waals surface area (Å²) in [5.41, 5.74) is 4.46. The zero-order chi connectivity index (χ0) is 24.5. The number of fused-ring (bicyclic) bond motifs is 7. The second-order valence-electron chi connectivity index (χ2n) is 9.20. The molecule has 1 amide bonds. The Kier molecular flexibility index (Phi) is 5.72. The number of aromatic nitrogens is 2. The number of amides is 1. The van der Waals surface area contributed by atoms with Crippen molar-refractivity contribution in [3.8, 4) is 17.6 Å². The van der Waals surface area contributed by atoms with Gasteiger partial charge in [0, 0.05) is 25.8 Å². The molecule has 0 aliphatic carbocycles. The van der Waals surface area contributed by atoms with Crippen molar-refractivity contribution in [1.82, 2.24) is 19.8 Å². The molecule has 6 bridgehead atoms.